The number of halogens is 1. The van der Waals surface area contributed by atoms with E-state index in [9.17, 15) is 4.79 Å². The summed E-state index contributed by atoms with van der Waals surface area (Å²) >= 11 is 2.18. The Hall–Kier alpha value is -2.05. The highest BCUT2D eigenvalue weighted by atomic mass is 127. The quantitative estimate of drug-likeness (QED) is 0.323. The SMILES string of the molecule is C=C=C1C(I)=C(/N=C/N(C)C)N(C)C(=O)N1Cc1ccccc1. The molecule has 0 fully saturated rings. The average molecular weight is 422 g/mol. The van der Waals surface area contributed by atoms with E-state index in [-0.39, 0.29) is 6.03 Å². The van der Waals surface area contributed by atoms with Crippen LogP contribution in [0.15, 0.2) is 62.7 Å². The lowest BCUT2D eigenvalue weighted by atomic mass is 10.2. The number of amides is 2. The highest BCUT2D eigenvalue weighted by Gasteiger charge is 2.33. The summed E-state index contributed by atoms with van der Waals surface area (Å²) < 4.78 is 0.841. The summed E-state index contributed by atoms with van der Waals surface area (Å²) in [4.78, 5) is 22.2. The van der Waals surface area contributed by atoms with Gasteiger partial charge in [0.15, 0.2) is 5.82 Å². The van der Waals surface area contributed by atoms with Crippen molar-refractivity contribution in [3.63, 3.8) is 0 Å². The van der Waals surface area contributed by atoms with Crippen molar-refractivity contribution < 1.29 is 4.79 Å². The Labute approximate surface area is 150 Å². The van der Waals surface area contributed by atoms with Crippen LogP contribution in [0.25, 0.3) is 0 Å². The van der Waals surface area contributed by atoms with E-state index in [4.69, 9.17) is 0 Å². The zero-order valence-electron chi connectivity index (χ0n) is 13.5. The van der Waals surface area contributed by atoms with E-state index in [1.54, 1.807) is 23.2 Å². The Morgan fingerprint density at radius 2 is 2.00 bits per heavy atom. The van der Waals surface area contributed by atoms with E-state index in [2.05, 4.69) is 39.9 Å². The molecule has 0 aliphatic carbocycles. The first-order valence-electron chi connectivity index (χ1n) is 7.05. The topological polar surface area (TPSA) is 39.1 Å². The van der Waals surface area contributed by atoms with Crippen molar-refractivity contribution in [2.75, 3.05) is 21.1 Å². The largest absolute Gasteiger partial charge is 0.369 e. The van der Waals surface area contributed by atoms with E-state index in [0.717, 1.165) is 9.14 Å². The number of urea groups is 1. The number of rotatable bonds is 4. The van der Waals surface area contributed by atoms with Crippen LogP contribution in [0.5, 0.6) is 0 Å². The molecule has 5 nitrogen and oxygen atoms in total. The number of carbonyl (C=O) groups is 1. The summed E-state index contributed by atoms with van der Waals surface area (Å²) in [6.07, 6.45) is 1.67. The van der Waals surface area contributed by atoms with Gasteiger partial charge < -0.3 is 4.90 Å². The zero-order chi connectivity index (χ0) is 17.0. The minimum absolute atomic E-state index is 0.147. The van der Waals surface area contributed by atoms with Crippen molar-refractivity contribution in [2.24, 2.45) is 4.99 Å². The van der Waals surface area contributed by atoms with Crippen molar-refractivity contribution >= 4 is 35.0 Å². The zero-order valence-corrected chi connectivity index (χ0v) is 15.6. The molecule has 0 aromatic heterocycles. The fraction of sp³-hybridized carbons (Fsp3) is 0.235. The Balaban J connectivity index is 2.41. The minimum atomic E-state index is -0.147. The fourth-order valence-electron chi connectivity index (χ4n) is 2.14. The average Bonchev–Trinajstić information content (AvgIpc) is 2.53. The monoisotopic (exact) mass is 422 g/mol. The highest BCUT2D eigenvalue weighted by molar-refractivity contribution is 14.1. The van der Waals surface area contributed by atoms with Crippen LogP contribution >= 0.6 is 22.6 Å². The molecule has 6 heteroatoms. The molecule has 1 aromatic rings. The number of benzene rings is 1. The number of hydrogen-bond donors (Lipinski definition) is 0. The molecule has 0 radical (unpaired) electrons. The van der Waals surface area contributed by atoms with Gasteiger partial charge in [0.2, 0.25) is 0 Å². The number of aliphatic imine (C=N–C) groups is 1. The van der Waals surface area contributed by atoms with Crippen LogP contribution < -0.4 is 0 Å². The van der Waals surface area contributed by atoms with Crippen LogP contribution in [0, 0.1) is 0 Å². The van der Waals surface area contributed by atoms with E-state index >= 15 is 0 Å². The Kier molecular flexibility index (Phi) is 5.63. The standard InChI is InChI=1S/C17H19IN4O/c1-5-14-15(18)16(19-12-20(2)3)21(4)17(23)22(14)11-13-9-7-6-8-10-13/h6-10,12H,1,11H2,2-4H3/b19-12+. The molecule has 23 heavy (non-hydrogen) atoms. The van der Waals surface area contributed by atoms with Gasteiger partial charge in [0, 0.05) is 21.1 Å². The second-order valence-corrected chi connectivity index (χ2v) is 6.36. The predicted molar refractivity (Wildman–Crippen MR) is 101 cm³/mol. The lowest BCUT2D eigenvalue weighted by molar-refractivity contribution is 0.180. The third-order valence-corrected chi connectivity index (χ3v) is 4.26. The summed E-state index contributed by atoms with van der Waals surface area (Å²) in [5, 5.41) is 0. The molecule has 1 heterocycles. The van der Waals surface area contributed by atoms with Crippen molar-refractivity contribution in [3.05, 3.63) is 63.3 Å². The summed E-state index contributed by atoms with van der Waals surface area (Å²) in [6, 6.07) is 9.70. The van der Waals surface area contributed by atoms with E-state index in [0.29, 0.717) is 18.1 Å². The van der Waals surface area contributed by atoms with E-state index in [1.165, 1.54) is 0 Å². The van der Waals surface area contributed by atoms with Gasteiger partial charge in [0.05, 0.1) is 16.5 Å². The first-order chi connectivity index (χ1) is 11.0. The van der Waals surface area contributed by atoms with Crippen LogP contribution in [-0.2, 0) is 6.54 Å². The molecule has 1 aromatic carbocycles. The van der Waals surface area contributed by atoms with Gasteiger partial charge in [-0.2, -0.15) is 0 Å². The molecule has 2 amide bonds. The van der Waals surface area contributed by atoms with Crippen molar-refractivity contribution in [1.29, 1.82) is 0 Å². The number of carbonyl (C=O) groups excluding carboxylic acids is 1. The molecule has 0 N–H and O–H groups in total. The maximum Gasteiger partial charge on any atom is 0.330 e. The van der Waals surface area contributed by atoms with Gasteiger partial charge in [-0.15, -0.1) is 5.73 Å². The smallest absolute Gasteiger partial charge is 0.330 e. The molecule has 120 valence electrons. The summed E-state index contributed by atoms with van der Waals surface area (Å²) in [7, 11) is 5.49. The van der Waals surface area contributed by atoms with Crippen LogP contribution in [0.4, 0.5) is 4.79 Å². The molecule has 1 aliphatic heterocycles. The van der Waals surface area contributed by atoms with Gasteiger partial charge in [-0.05, 0) is 28.2 Å². The first-order valence-corrected chi connectivity index (χ1v) is 8.13. The predicted octanol–water partition coefficient (Wildman–Crippen LogP) is 3.42. The van der Waals surface area contributed by atoms with Gasteiger partial charge in [0.1, 0.15) is 5.70 Å². The minimum Gasteiger partial charge on any atom is -0.369 e. The van der Waals surface area contributed by atoms with Crippen LogP contribution in [0.3, 0.4) is 0 Å². The van der Waals surface area contributed by atoms with Crippen molar-refractivity contribution in [2.45, 2.75) is 6.54 Å². The van der Waals surface area contributed by atoms with Gasteiger partial charge >= 0.3 is 6.03 Å². The molecule has 0 atom stereocenters. The molecule has 1 aliphatic rings. The van der Waals surface area contributed by atoms with Crippen molar-refractivity contribution in [3.8, 4) is 0 Å². The third kappa shape index (κ3) is 3.83. The maximum atomic E-state index is 12.7. The van der Waals surface area contributed by atoms with E-state index < -0.39 is 0 Å². The molecule has 0 saturated heterocycles. The Morgan fingerprint density at radius 3 is 2.57 bits per heavy atom. The molecule has 2 rings (SSSR count). The van der Waals surface area contributed by atoms with Gasteiger partial charge in [0.25, 0.3) is 0 Å². The lowest BCUT2D eigenvalue weighted by Crippen LogP contribution is -2.43. The normalized spacial score (nSPS) is 15.5. The van der Waals surface area contributed by atoms with Gasteiger partial charge in [-0.3, -0.25) is 9.80 Å². The Bertz CT molecular complexity index is 703. The maximum absolute atomic E-state index is 12.7. The second kappa shape index (κ2) is 7.48. The molecule has 0 saturated carbocycles. The second-order valence-electron chi connectivity index (χ2n) is 5.28. The Morgan fingerprint density at radius 1 is 1.35 bits per heavy atom. The van der Waals surface area contributed by atoms with Gasteiger partial charge in [-0.25, -0.2) is 9.79 Å². The van der Waals surface area contributed by atoms with Crippen LogP contribution in [0.1, 0.15) is 5.56 Å². The highest BCUT2D eigenvalue weighted by Crippen LogP contribution is 2.33. The third-order valence-electron chi connectivity index (χ3n) is 3.27. The molecular formula is C17H19IN4O. The van der Waals surface area contributed by atoms with E-state index in [1.807, 2.05) is 49.3 Å². The molecule has 0 bridgehead atoms. The molecule has 0 unspecified atom stereocenters. The van der Waals surface area contributed by atoms with Crippen molar-refractivity contribution in [1.82, 2.24) is 14.7 Å². The fourth-order valence-corrected chi connectivity index (χ4v) is 3.12. The summed E-state index contributed by atoms with van der Waals surface area (Å²) in [6.45, 7) is 4.21. The lowest BCUT2D eigenvalue weighted by Gasteiger charge is -2.34. The molecule has 0 spiro atoms. The number of hydrogen-bond acceptors (Lipinski definition) is 2. The number of allylic oxidation sites excluding steroid dienone is 1. The van der Waals surface area contributed by atoms with Gasteiger partial charge in [-0.1, -0.05) is 36.9 Å². The first kappa shape index (κ1) is 17.3. The summed E-state index contributed by atoms with van der Waals surface area (Å²) in [5.41, 5.74) is 4.59. The van der Waals surface area contributed by atoms with Crippen LogP contribution in [-0.4, -0.2) is 48.2 Å². The summed E-state index contributed by atoms with van der Waals surface area (Å²) in [5.74, 6) is 0.597. The molecular weight excluding hydrogens is 403 g/mol. The van der Waals surface area contributed by atoms with Crippen LogP contribution in [0.2, 0.25) is 0 Å². The number of nitrogens with zero attached hydrogens (tertiary/aromatic N) is 4.